The molecule has 1 atom stereocenters. The van der Waals surface area contributed by atoms with Crippen LogP contribution in [0.5, 0.6) is 0 Å². The molecule has 2 aliphatic heterocycles. The van der Waals surface area contributed by atoms with Crippen LogP contribution in [0.2, 0.25) is 0 Å². The van der Waals surface area contributed by atoms with Gasteiger partial charge in [0.15, 0.2) is 0 Å². The number of anilines is 1. The number of unbranched alkanes of at least 4 members (excludes halogenated alkanes) is 2. The fourth-order valence-electron chi connectivity index (χ4n) is 3.78. The highest BCUT2D eigenvalue weighted by atomic mass is 127. The lowest BCUT2D eigenvalue weighted by Gasteiger charge is -2.27. The maximum absolute atomic E-state index is 13.0. The van der Waals surface area contributed by atoms with Crippen molar-refractivity contribution in [3.63, 3.8) is 0 Å². The topological polar surface area (TPSA) is 131 Å². The zero-order chi connectivity index (χ0) is 24.5. The molecule has 1 aromatic rings. The molecule has 0 bridgehead atoms. The summed E-state index contributed by atoms with van der Waals surface area (Å²) >= 11 is 2.34. The number of halogens is 1. The van der Waals surface area contributed by atoms with E-state index < -0.39 is 35.6 Å². The second kappa shape index (κ2) is 12.9. The summed E-state index contributed by atoms with van der Waals surface area (Å²) < 4.78 is 12.1. The van der Waals surface area contributed by atoms with Crippen molar-refractivity contribution >= 4 is 57.8 Å². The average molecular weight is 585 g/mol. The summed E-state index contributed by atoms with van der Waals surface area (Å²) in [6, 6.07) is 3.48. The van der Waals surface area contributed by atoms with Gasteiger partial charge in [-0.15, -0.1) is 0 Å². The standard InChI is InChI=1S/C23H28IN3O7/c24-10-1-2-11-33-12-3-4-13-34-14-19(29)25-16-7-5-6-15-20(16)23(32)27(22(15)31)17-8-9-18(28)26-21(17)30/h5-7,17H,1-4,8-14H2,(H,25,29)(H,26,28,30). The Balaban J connectivity index is 1.48. The number of imide groups is 2. The smallest absolute Gasteiger partial charge is 0.264 e. The van der Waals surface area contributed by atoms with Crippen LogP contribution in [0.3, 0.4) is 0 Å². The van der Waals surface area contributed by atoms with Crippen LogP contribution in [0, 0.1) is 0 Å². The number of rotatable bonds is 13. The molecule has 0 spiro atoms. The Kier molecular flexibility index (Phi) is 9.96. The number of hydrogen-bond acceptors (Lipinski definition) is 7. The molecule has 1 saturated heterocycles. The number of fused-ring (bicyclic) bond motifs is 1. The van der Waals surface area contributed by atoms with Crippen LogP contribution < -0.4 is 10.6 Å². The van der Waals surface area contributed by atoms with Gasteiger partial charge in [-0.05, 0) is 48.7 Å². The Morgan fingerprint density at radius 3 is 2.44 bits per heavy atom. The Morgan fingerprint density at radius 2 is 1.74 bits per heavy atom. The maximum Gasteiger partial charge on any atom is 0.264 e. The normalized spacial score (nSPS) is 17.7. The summed E-state index contributed by atoms with van der Waals surface area (Å²) in [6.45, 7) is 1.62. The van der Waals surface area contributed by atoms with Crippen LogP contribution in [-0.4, -0.2) is 71.3 Å². The third-order valence-electron chi connectivity index (χ3n) is 5.48. The van der Waals surface area contributed by atoms with Crippen LogP contribution in [0.1, 0.15) is 59.2 Å². The minimum absolute atomic E-state index is 0.0327. The molecule has 11 heteroatoms. The van der Waals surface area contributed by atoms with Crippen molar-refractivity contribution in [2.45, 2.75) is 44.6 Å². The molecule has 10 nitrogen and oxygen atoms in total. The van der Waals surface area contributed by atoms with E-state index in [-0.39, 0.29) is 36.3 Å². The van der Waals surface area contributed by atoms with Gasteiger partial charge in [-0.1, -0.05) is 28.7 Å². The summed E-state index contributed by atoms with van der Waals surface area (Å²) in [6.07, 6.45) is 3.91. The lowest BCUT2D eigenvalue weighted by Crippen LogP contribution is -2.54. The molecule has 2 aliphatic rings. The van der Waals surface area contributed by atoms with Crippen LogP contribution in [0.25, 0.3) is 0 Å². The highest BCUT2D eigenvalue weighted by Gasteiger charge is 2.45. The number of ether oxygens (including phenoxy) is 2. The second-order valence-electron chi connectivity index (χ2n) is 7.99. The van der Waals surface area contributed by atoms with Crippen molar-refractivity contribution < 1.29 is 33.4 Å². The fourth-order valence-corrected chi connectivity index (χ4v) is 4.32. The molecular weight excluding hydrogens is 557 g/mol. The van der Waals surface area contributed by atoms with Crippen molar-refractivity contribution in [1.29, 1.82) is 0 Å². The summed E-state index contributed by atoms with van der Waals surface area (Å²) in [5, 5.41) is 4.78. The van der Waals surface area contributed by atoms with Gasteiger partial charge in [0.2, 0.25) is 17.7 Å². The summed E-state index contributed by atoms with van der Waals surface area (Å²) in [5.41, 5.74) is 0.316. The fraction of sp³-hybridized carbons (Fsp3) is 0.522. The summed E-state index contributed by atoms with van der Waals surface area (Å²) in [5.74, 6) is -2.88. The first-order valence-electron chi connectivity index (χ1n) is 11.3. The van der Waals surface area contributed by atoms with Crippen LogP contribution in [0.4, 0.5) is 5.69 Å². The summed E-state index contributed by atoms with van der Waals surface area (Å²) in [4.78, 5) is 62.7. The Labute approximate surface area is 211 Å². The Morgan fingerprint density at radius 1 is 1.03 bits per heavy atom. The van der Waals surface area contributed by atoms with E-state index in [1.165, 1.54) is 12.1 Å². The van der Waals surface area contributed by atoms with Crippen LogP contribution in [0.15, 0.2) is 18.2 Å². The molecule has 34 heavy (non-hydrogen) atoms. The second-order valence-corrected chi connectivity index (χ2v) is 9.07. The van der Waals surface area contributed by atoms with E-state index in [0.29, 0.717) is 13.2 Å². The molecule has 2 heterocycles. The predicted octanol–water partition coefficient (Wildman–Crippen LogP) is 2.05. The largest absolute Gasteiger partial charge is 0.381 e. The Hall–Kier alpha value is -2.38. The van der Waals surface area contributed by atoms with Crippen molar-refractivity contribution in [2.24, 2.45) is 0 Å². The number of amides is 5. The molecule has 0 radical (unpaired) electrons. The Bertz CT molecular complexity index is 952. The number of hydrogen-bond donors (Lipinski definition) is 2. The highest BCUT2D eigenvalue weighted by Crippen LogP contribution is 2.32. The van der Waals surface area contributed by atoms with Gasteiger partial charge in [0, 0.05) is 26.2 Å². The maximum atomic E-state index is 13.0. The number of piperidine rings is 1. The average Bonchev–Trinajstić information content (AvgIpc) is 3.06. The third kappa shape index (κ3) is 6.60. The highest BCUT2D eigenvalue weighted by molar-refractivity contribution is 14.1. The number of nitrogens with zero attached hydrogens (tertiary/aromatic N) is 1. The minimum Gasteiger partial charge on any atom is -0.381 e. The molecule has 0 saturated carbocycles. The van der Waals surface area contributed by atoms with E-state index in [1.54, 1.807) is 6.07 Å². The monoisotopic (exact) mass is 585 g/mol. The van der Waals surface area contributed by atoms with Gasteiger partial charge in [-0.2, -0.15) is 0 Å². The molecule has 2 N–H and O–H groups in total. The lowest BCUT2D eigenvalue weighted by molar-refractivity contribution is -0.136. The van der Waals surface area contributed by atoms with E-state index in [1.807, 2.05) is 0 Å². The summed E-state index contributed by atoms with van der Waals surface area (Å²) in [7, 11) is 0. The quantitative estimate of drug-likeness (QED) is 0.157. The molecule has 1 unspecified atom stereocenters. The van der Waals surface area contributed by atoms with Crippen molar-refractivity contribution in [1.82, 2.24) is 10.2 Å². The molecule has 0 aromatic heterocycles. The van der Waals surface area contributed by atoms with Gasteiger partial charge in [0.1, 0.15) is 12.6 Å². The van der Waals surface area contributed by atoms with Gasteiger partial charge in [-0.3, -0.25) is 34.2 Å². The number of carbonyl (C=O) groups excluding carboxylic acids is 5. The molecule has 184 valence electrons. The van der Waals surface area contributed by atoms with Gasteiger partial charge in [0.25, 0.3) is 11.8 Å². The third-order valence-corrected chi connectivity index (χ3v) is 6.24. The molecule has 1 fully saturated rings. The molecule has 3 rings (SSSR count). The van der Waals surface area contributed by atoms with Crippen molar-refractivity contribution in [3.8, 4) is 0 Å². The van der Waals surface area contributed by atoms with E-state index in [2.05, 4.69) is 33.2 Å². The number of alkyl halides is 1. The first-order chi connectivity index (χ1) is 16.4. The van der Waals surface area contributed by atoms with E-state index in [4.69, 9.17) is 9.47 Å². The van der Waals surface area contributed by atoms with Crippen molar-refractivity contribution in [2.75, 3.05) is 36.2 Å². The van der Waals surface area contributed by atoms with Crippen LogP contribution >= 0.6 is 22.6 Å². The first-order valence-corrected chi connectivity index (χ1v) is 12.8. The van der Waals surface area contributed by atoms with Gasteiger partial charge < -0.3 is 14.8 Å². The number of benzene rings is 1. The van der Waals surface area contributed by atoms with E-state index >= 15 is 0 Å². The van der Waals surface area contributed by atoms with Gasteiger partial charge >= 0.3 is 0 Å². The van der Waals surface area contributed by atoms with Crippen molar-refractivity contribution in [3.05, 3.63) is 29.3 Å². The molecule has 1 aromatic carbocycles. The predicted molar refractivity (Wildman–Crippen MR) is 131 cm³/mol. The van der Waals surface area contributed by atoms with Gasteiger partial charge in [0.05, 0.1) is 16.8 Å². The minimum atomic E-state index is -1.06. The number of nitrogens with one attached hydrogen (secondary N) is 2. The zero-order valence-corrected chi connectivity index (χ0v) is 20.9. The van der Waals surface area contributed by atoms with Crippen LogP contribution in [-0.2, 0) is 23.9 Å². The molecule has 0 aliphatic carbocycles. The van der Waals surface area contributed by atoms with E-state index in [0.717, 1.165) is 41.6 Å². The molecular formula is C23H28IN3O7. The van der Waals surface area contributed by atoms with Gasteiger partial charge in [-0.25, -0.2) is 0 Å². The van der Waals surface area contributed by atoms with E-state index in [9.17, 15) is 24.0 Å². The first kappa shape index (κ1) is 26.2. The number of carbonyl (C=O) groups is 5. The molecule has 5 amide bonds. The SMILES string of the molecule is O=C1CCC(N2C(=O)c3cccc(NC(=O)COCCCCOCCCCI)c3C2=O)C(=O)N1. The zero-order valence-electron chi connectivity index (χ0n) is 18.8. The lowest BCUT2D eigenvalue weighted by atomic mass is 10.0.